The fourth-order valence-electron chi connectivity index (χ4n) is 3.63. The number of fused-ring (bicyclic) bond motifs is 2. The first-order valence-corrected chi connectivity index (χ1v) is 10.4. The second-order valence-electron chi connectivity index (χ2n) is 6.34. The van der Waals surface area contributed by atoms with Crippen LogP contribution in [0, 0.1) is 0 Å². The molecule has 128 valence electrons. The Kier molecular flexibility index (Phi) is 5.18. The number of aliphatic hydroxyl groups excluding tert-OH is 1. The van der Waals surface area contributed by atoms with E-state index in [1.54, 1.807) is 0 Å². The summed E-state index contributed by atoms with van der Waals surface area (Å²) in [6.07, 6.45) is 1.02. The van der Waals surface area contributed by atoms with Crippen molar-refractivity contribution < 1.29 is 5.11 Å². The van der Waals surface area contributed by atoms with Gasteiger partial charge in [0.05, 0.1) is 10.8 Å². The molecule has 1 unspecified atom stereocenters. The molecule has 0 spiro atoms. The van der Waals surface area contributed by atoms with Gasteiger partial charge in [-0.3, -0.25) is 9.80 Å². The first-order chi connectivity index (χ1) is 11.7. The van der Waals surface area contributed by atoms with Crippen molar-refractivity contribution in [3.05, 3.63) is 45.8 Å². The molecule has 1 atom stereocenters. The number of benzene rings is 1. The zero-order valence-electron chi connectivity index (χ0n) is 13.4. The van der Waals surface area contributed by atoms with Gasteiger partial charge >= 0.3 is 0 Å². The third-order valence-corrected chi connectivity index (χ3v) is 7.45. The van der Waals surface area contributed by atoms with Gasteiger partial charge in [-0.15, -0.1) is 11.3 Å². The molecule has 0 aliphatic carbocycles. The Bertz CT molecular complexity index is 713. The summed E-state index contributed by atoms with van der Waals surface area (Å²) in [6.45, 7) is 5.22. The summed E-state index contributed by atoms with van der Waals surface area (Å²) in [5.74, 6) is 0. The van der Waals surface area contributed by atoms with Crippen molar-refractivity contribution in [2.45, 2.75) is 21.6 Å². The Morgan fingerprint density at radius 1 is 1.17 bits per heavy atom. The number of nitrogens with zero attached hydrogens (tertiary/aromatic N) is 2. The van der Waals surface area contributed by atoms with Gasteiger partial charge in [0.25, 0.3) is 0 Å². The molecule has 3 heterocycles. The predicted octanol–water partition coefficient (Wildman–Crippen LogP) is 3.76. The van der Waals surface area contributed by atoms with Gasteiger partial charge in [0, 0.05) is 48.7 Å². The minimum atomic E-state index is 0.251. The fourth-order valence-corrected chi connectivity index (χ4v) is 6.06. The molecule has 2 aromatic rings. The Labute approximate surface area is 156 Å². The topological polar surface area (TPSA) is 26.7 Å². The van der Waals surface area contributed by atoms with E-state index in [1.165, 1.54) is 20.2 Å². The van der Waals surface area contributed by atoms with Crippen molar-refractivity contribution in [3.8, 4) is 0 Å². The third-order valence-electron chi connectivity index (χ3n) is 4.92. The monoisotopic (exact) mass is 380 g/mol. The minimum absolute atomic E-state index is 0.251. The van der Waals surface area contributed by atoms with E-state index in [2.05, 4.69) is 33.4 Å². The van der Waals surface area contributed by atoms with E-state index in [9.17, 15) is 0 Å². The van der Waals surface area contributed by atoms with E-state index >= 15 is 0 Å². The van der Waals surface area contributed by atoms with Gasteiger partial charge in [0.15, 0.2) is 0 Å². The Balaban J connectivity index is 1.61. The van der Waals surface area contributed by atoms with Crippen molar-refractivity contribution in [1.82, 2.24) is 9.80 Å². The average Bonchev–Trinajstić information content (AvgIpc) is 2.98. The van der Waals surface area contributed by atoms with Crippen LogP contribution < -0.4 is 0 Å². The zero-order valence-corrected chi connectivity index (χ0v) is 15.8. The number of aliphatic hydroxyl groups is 1. The van der Waals surface area contributed by atoms with E-state index in [1.807, 2.05) is 29.2 Å². The highest BCUT2D eigenvalue weighted by atomic mass is 35.5. The lowest BCUT2D eigenvalue weighted by molar-refractivity contribution is 0.0825. The molecule has 2 aliphatic heterocycles. The molecule has 1 N–H and O–H groups in total. The molecule has 1 fully saturated rings. The summed E-state index contributed by atoms with van der Waals surface area (Å²) in [6, 6.07) is 9.01. The molecule has 0 saturated carbocycles. The smallest absolute Gasteiger partial charge is 0.0694 e. The number of hydrogen-bond donors (Lipinski definition) is 1. The molecule has 3 nitrogen and oxygen atoms in total. The lowest BCUT2D eigenvalue weighted by Gasteiger charge is -2.39. The lowest BCUT2D eigenvalue weighted by Crippen LogP contribution is -2.48. The summed E-state index contributed by atoms with van der Waals surface area (Å²) in [7, 11) is 0. The summed E-state index contributed by atoms with van der Waals surface area (Å²) in [5.41, 5.74) is 2.83. The largest absolute Gasteiger partial charge is 0.395 e. The van der Waals surface area contributed by atoms with E-state index in [-0.39, 0.29) is 6.61 Å². The Morgan fingerprint density at radius 3 is 2.79 bits per heavy atom. The first kappa shape index (κ1) is 16.9. The van der Waals surface area contributed by atoms with Gasteiger partial charge in [0.1, 0.15) is 0 Å². The molecule has 1 aromatic carbocycles. The second-order valence-corrected chi connectivity index (χ2v) is 9.00. The molecule has 4 rings (SSSR count). The van der Waals surface area contributed by atoms with Gasteiger partial charge in [0.2, 0.25) is 0 Å². The van der Waals surface area contributed by atoms with Crippen LogP contribution in [-0.2, 0) is 6.42 Å². The van der Waals surface area contributed by atoms with Crippen LogP contribution in [0.4, 0.5) is 0 Å². The van der Waals surface area contributed by atoms with Crippen LogP contribution in [0.3, 0.4) is 0 Å². The summed E-state index contributed by atoms with van der Waals surface area (Å²) in [5, 5.41) is 12.2. The summed E-state index contributed by atoms with van der Waals surface area (Å²) in [4.78, 5) is 6.29. The highest BCUT2D eigenvalue weighted by Crippen LogP contribution is 2.46. The maximum absolute atomic E-state index is 9.14. The van der Waals surface area contributed by atoms with Crippen molar-refractivity contribution in [2.75, 3.05) is 39.3 Å². The van der Waals surface area contributed by atoms with Gasteiger partial charge < -0.3 is 5.11 Å². The van der Waals surface area contributed by atoms with Gasteiger partial charge in [-0.25, -0.2) is 0 Å². The summed E-state index contributed by atoms with van der Waals surface area (Å²) < 4.78 is 1.42. The number of rotatable bonds is 3. The summed E-state index contributed by atoms with van der Waals surface area (Å²) >= 11 is 9.98. The SMILES string of the molecule is OCCN1CCN(C2Cc3cc(Cl)ccc3Sc3sccc32)CC1. The second kappa shape index (κ2) is 7.36. The number of hydrogen-bond acceptors (Lipinski definition) is 5. The van der Waals surface area contributed by atoms with Crippen LogP contribution in [0.5, 0.6) is 0 Å². The van der Waals surface area contributed by atoms with Crippen LogP contribution in [0.25, 0.3) is 0 Å². The first-order valence-electron chi connectivity index (χ1n) is 8.35. The molecule has 2 aliphatic rings. The van der Waals surface area contributed by atoms with Gasteiger partial charge in [-0.2, -0.15) is 0 Å². The minimum Gasteiger partial charge on any atom is -0.395 e. The number of thiophene rings is 1. The molecule has 0 amide bonds. The van der Waals surface area contributed by atoms with Gasteiger partial charge in [-0.05, 0) is 47.2 Å². The van der Waals surface area contributed by atoms with Crippen LogP contribution in [0.2, 0.25) is 5.02 Å². The highest BCUT2D eigenvalue weighted by molar-refractivity contribution is 8.01. The number of halogens is 1. The quantitative estimate of drug-likeness (QED) is 0.877. The van der Waals surface area contributed by atoms with E-state index in [0.717, 1.165) is 44.2 Å². The maximum atomic E-state index is 9.14. The number of β-amino-alcohol motifs (C(OH)–C–C–N with tert-alkyl or cyclic N) is 1. The van der Waals surface area contributed by atoms with E-state index < -0.39 is 0 Å². The van der Waals surface area contributed by atoms with Crippen LogP contribution in [0.15, 0.2) is 38.8 Å². The van der Waals surface area contributed by atoms with Crippen molar-refractivity contribution in [1.29, 1.82) is 0 Å². The zero-order chi connectivity index (χ0) is 16.5. The maximum Gasteiger partial charge on any atom is 0.0694 e. The standard InChI is InChI=1S/C18H21ClN2OS2/c19-14-1-2-17-13(11-14)12-16(15-3-10-23-18(15)24-17)21-6-4-20(5-7-21)8-9-22/h1-3,10-11,16,22H,4-9,12H2. The van der Waals surface area contributed by atoms with Crippen LogP contribution in [0.1, 0.15) is 17.2 Å². The van der Waals surface area contributed by atoms with Gasteiger partial charge in [-0.1, -0.05) is 23.4 Å². The molecule has 0 bridgehead atoms. The molecule has 6 heteroatoms. The molecule has 1 saturated heterocycles. The van der Waals surface area contributed by atoms with Crippen molar-refractivity contribution in [2.24, 2.45) is 0 Å². The van der Waals surface area contributed by atoms with Crippen molar-refractivity contribution in [3.63, 3.8) is 0 Å². The lowest BCUT2D eigenvalue weighted by atomic mass is 9.99. The van der Waals surface area contributed by atoms with Crippen LogP contribution >= 0.6 is 34.7 Å². The molecular weight excluding hydrogens is 360 g/mol. The molecule has 24 heavy (non-hydrogen) atoms. The fraction of sp³-hybridized carbons (Fsp3) is 0.444. The normalized spacial score (nSPS) is 22.0. The van der Waals surface area contributed by atoms with E-state index in [0.29, 0.717) is 6.04 Å². The molecule has 1 aromatic heterocycles. The average molecular weight is 381 g/mol. The molecular formula is C18H21ClN2OS2. The van der Waals surface area contributed by atoms with Crippen molar-refractivity contribution >= 4 is 34.7 Å². The highest BCUT2D eigenvalue weighted by Gasteiger charge is 2.30. The predicted molar refractivity (Wildman–Crippen MR) is 101 cm³/mol. The Hall–Kier alpha value is -0.560. The third kappa shape index (κ3) is 3.39. The Morgan fingerprint density at radius 2 is 2.00 bits per heavy atom. The number of piperazine rings is 1. The molecule has 0 radical (unpaired) electrons. The van der Waals surface area contributed by atoms with Crippen LogP contribution in [-0.4, -0.2) is 54.2 Å². The van der Waals surface area contributed by atoms with E-state index in [4.69, 9.17) is 16.7 Å².